The molecule has 0 aliphatic rings. The summed E-state index contributed by atoms with van der Waals surface area (Å²) in [6.07, 6.45) is 6.17. The van der Waals surface area contributed by atoms with Gasteiger partial charge in [-0.2, -0.15) is 0 Å². The molecule has 1 N–H and O–H groups in total. The van der Waals surface area contributed by atoms with Crippen LogP contribution >= 0.6 is 0 Å². The van der Waals surface area contributed by atoms with Crippen LogP contribution in [0.4, 0.5) is 0 Å². The second-order valence-corrected chi connectivity index (χ2v) is 4.52. The number of benzene rings is 1. The third-order valence-corrected chi connectivity index (χ3v) is 3.04. The normalized spacial score (nSPS) is 12.4. The number of hydrogen-bond acceptors (Lipinski definition) is 2. The van der Waals surface area contributed by atoms with E-state index in [0.29, 0.717) is 6.42 Å². The zero-order chi connectivity index (χ0) is 12.5. The first-order valence-corrected chi connectivity index (χ1v) is 6.58. The Morgan fingerprint density at radius 1 is 1.18 bits per heavy atom. The predicted molar refractivity (Wildman–Crippen MR) is 71.5 cm³/mol. The van der Waals surface area contributed by atoms with Gasteiger partial charge in [0, 0.05) is 6.42 Å². The molecule has 0 saturated carbocycles. The minimum Gasteiger partial charge on any atom is -0.496 e. The Labute approximate surface area is 105 Å². The molecule has 1 unspecified atom stereocenters. The Bertz CT molecular complexity index is 310. The summed E-state index contributed by atoms with van der Waals surface area (Å²) >= 11 is 0. The Morgan fingerprint density at radius 2 is 1.94 bits per heavy atom. The molecular weight excluding hydrogens is 212 g/mol. The van der Waals surface area contributed by atoms with E-state index in [1.54, 1.807) is 7.11 Å². The molecule has 1 atom stereocenters. The highest BCUT2D eigenvalue weighted by atomic mass is 16.5. The molecule has 0 saturated heterocycles. The first-order chi connectivity index (χ1) is 8.27. The van der Waals surface area contributed by atoms with E-state index in [2.05, 4.69) is 6.92 Å². The van der Waals surface area contributed by atoms with E-state index in [0.717, 1.165) is 24.2 Å². The van der Waals surface area contributed by atoms with Crippen molar-refractivity contribution in [3.05, 3.63) is 29.8 Å². The lowest BCUT2D eigenvalue weighted by Gasteiger charge is -2.13. The van der Waals surface area contributed by atoms with Crippen molar-refractivity contribution in [2.24, 2.45) is 0 Å². The molecule has 17 heavy (non-hydrogen) atoms. The van der Waals surface area contributed by atoms with Crippen LogP contribution in [0.1, 0.15) is 44.6 Å². The molecule has 2 heteroatoms. The maximum Gasteiger partial charge on any atom is 0.122 e. The second kappa shape index (κ2) is 8.13. The van der Waals surface area contributed by atoms with Crippen LogP contribution in [0.3, 0.4) is 0 Å². The monoisotopic (exact) mass is 236 g/mol. The van der Waals surface area contributed by atoms with Gasteiger partial charge in [0.05, 0.1) is 13.2 Å². The molecule has 0 aliphatic heterocycles. The Hall–Kier alpha value is -1.02. The van der Waals surface area contributed by atoms with Crippen molar-refractivity contribution in [2.45, 2.75) is 51.6 Å². The number of para-hydroxylation sites is 1. The molecule has 1 aromatic carbocycles. The summed E-state index contributed by atoms with van der Waals surface area (Å²) in [6.45, 7) is 2.20. The molecule has 96 valence electrons. The summed E-state index contributed by atoms with van der Waals surface area (Å²) in [5.74, 6) is 0.875. The maximum absolute atomic E-state index is 9.97. The summed E-state index contributed by atoms with van der Waals surface area (Å²) in [5.41, 5.74) is 1.10. The zero-order valence-electron chi connectivity index (χ0n) is 11.0. The summed E-state index contributed by atoms with van der Waals surface area (Å²) in [5, 5.41) is 9.97. The van der Waals surface area contributed by atoms with Crippen LogP contribution < -0.4 is 4.74 Å². The van der Waals surface area contributed by atoms with Crippen LogP contribution in [0.15, 0.2) is 24.3 Å². The first-order valence-electron chi connectivity index (χ1n) is 6.58. The molecule has 0 fully saturated rings. The minimum absolute atomic E-state index is 0.247. The van der Waals surface area contributed by atoms with Crippen LogP contribution in [0.5, 0.6) is 5.75 Å². The minimum atomic E-state index is -0.247. The molecule has 0 aliphatic carbocycles. The van der Waals surface area contributed by atoms with Crippen molar-refractivity contribution < 1.29 is 9.84 Å². The number of methoxy groups -OCH3 is 1. The van der Waals surface area contributed by atoms with Gasteiger partial charge in [-0.3, -0.25) is 0 Å². The highest BCUT2D eigenvalue weighted by Gasteiger charge is 2.08. The average Bonchev–Trinajstić information content (AvgIpc) is 2.35. The Balaban J connectivity index is 2.36. The van der Waals surface area contributed by atoms with Gasteiger partial charge in [-0.15, -0.1) is 0 Å². The fourth-order valence-corrected chi connectivity index (χ4v) is 2.03. The van der Waals surface area contributed by atoms with Crippen LogP contribution in [-0.4, -0.2) is 18.3 Å². The molecule has 0 aromatic heterocycles. The van der Waals surface area contributed by atoms with Crippen molar-refractivity contribution in [3.8, 4) is 5.75 Å². The number of hydrogen-bond donors (Lipinski definition) is 1. The van der Waals surface area contributed by atoms with E-state index in [9.17, 15) is 5.11 Å². The summed E-state index contributed by atoms with van der Waals surface area (Å²) in [6, 6.07) is 7.91. The summed E-state index contributed by atoms with van der Waals surface area (Å²) in [4.78, 5) is 0. The van der Waals surface area contributed by atoms with E-state index >= 15 is 0 Å². The molecule has 0 spiro atoms. The van der Waals surface area contributed by atoms with Crippen LogP contribution in [0, 0.1) is 0 Å². The van der Waals surface area contributed by atoms with Crippen molar-refractivity contribution >= 4 is 0 Å². The topological polar surface area (TPSA) is 29.5 Å². The van der Waals surface area contributed by atoms with Crippen molar-refractivity contribution in [3.63, 3.8) is 0 Å². The lowest BCUT2D eigenvalue weighted by atomic mass is 10.0. The standard InChI is InChI=1S/C15H24O2/c1-3-4-5-6-10-14(16)12-13-9-7-8-11-15(13)17-2/h7-9,11,14,16H,3-6,10,12H2,1-2H3. The van der Waals surface area contributed by atoms with Crippen LogP contribution in [-0.2, 0) is 6.42 Å². The van der Waals surface area contributed by atoms with E-state index in [1.807, 2.05) is 24.3 Å². The van der Waals surface area contributed by atoms with E-state index in [4.69, 9.17) is 4.74 Å². The number of aliphatic hydroxyl groups is 1. The quantitative estimate of drug-likeness (QED) is 0.699. The summed E-state index contributed by atoms with van der Waals surface area (Å²) < 4.78 is 5.28. The first kappa shape index (κ1) is 14.0. The van der Waals surface area contributed by atoms with E-state index in [1.165, 1.54) is 19.3 Å². The lowest BCUT2D eigenvalue weighted by molar-refractivity contribution is 0.160. The molecule has 1 rings (SSSR count). The highest BCUT2D eigenvalue weighted by molar-refractivity contribution is 5.33. The largest absolute Gasteiger partial charge is 0.496 e. The fourth-order valence-electron chi connectivity index (χ4n) is 2.03. The van der Waals surface area contributed by atoms with E-state index < -0.39 is 0 Å². The Kier molecular flexibility index (Phi) is 6.71. The molecule has 0 heterocycles. The molecule has 0 bridgehead atoms. The smallest absolute Gasteiger partial charge is 0.122 e. The molecule has 2 nitrogen and oxygen atoms in total. The SMILES string of the molecule is CCCCCCC(O)Cc1ccccc1OC. The molecular formula is C15H24O2. The lowest BCUT2D eigenvalue weighted by Crippen LogP contribution is -2.11. The fraction of sp³-hybridized carbons (Fsp3) is 0.600. The van der Waals surface area contributed by atoms with Gasteiger partial charge in [-0.1, -0.05) is 50.8 Å². The van der Waals surface area contributed by atoms with E-state index in [-0.39, 0.29) is 6.10 Å². The maximum atomic E-state index is 9.97. The van der Waals surface area contributed by atoms with Gasteiger partial charge < -0.3 is 9.84 Å². The third kappa shape index (κ3) is 5.22. The zero-order valence-corrected chi connectivity index (χ0v) is 11.0. The van der Waals surface area contributed by atoms with Crippen molar-refractivity contribution in [2.75, 3.05) is 7.11 Å². The number of unbranched alkanes of at least 4 members (excludes halogenated alkanes) is 3. The molecule has 1 aromatic rings. The molecule has 0 radical (unpaired) electrons. The van der Waals surface area contributed by atoms with Crippen LogP contribution in [0.25, 0.3) is 0 Å². The van der Waals surface area contributed by atoms with Gasteiger partial charge in [0.25, 0.3) is 0 Å². The number of rotatable bonds is 8. The van der Waals surface area contributed by atoms with Crippen molar-refractivity contribution in [1.29, 1.82) is 0 Å². The van der Waals surface area contributed by atoms with Crippen molar-refractivity contribution in [1.82, 2.24) is 0 Å². The van der Waals surface area contributed by atoms with Crippen LogP contribution in [0.2, 0.25) is 0 Å². The third-order valence-electron chi connectivity index (χ3n) is 3.04. The predicted octanol–water partition coefficient (Wildman–Crippen LogP) is 3.57. The number of ether oxygens (including phenoxy) is 1. The summed E-state index contributed by atoms with van der Waals surface area (Å²) in [7, 11) is 1.67. The van der Waals surface area contributed by atoms with Gasteiger partial charge in [-0.25, -0.2) is 0 Å². The molecule has 0 amide bonds. The van der Waals surface area contributed by atoms with Gasteiger partial charge in [0.15, 0.2) is 0 Å². The van der Waals surface area contributed by atoms with Gasteiger partial charge in [-0.05, 0) is 18.1 Å². The van der Waals surface area contributed by atoms with Gasteiger partial charge in [0.2, 0.25) is 0 Å². The van der Waals surface area contributed by atoms with Gasteiger partial charge >= 0.3 is 0 Å². The number of aliphatic hydroxyl groups excluding tert-OH is 1. The highest BCUT2D eigenvalue weighted by Crippen LogP contribution is 2.20. The van der Waals surface area contributed by atoms with Gasteiger partial charge in [0.1, 0.15) is 5.75 Å². The Morgan fingerprint density at radius 3 is 2.65 bits per heavy atom. The average molecular weight is 236 g/mol. The second-order valence-electron chi connectivity index (χ2n) is 4.52.